The van der Waals surface area contributed by atoms with Gasteiger partial charge in [-0.3, -0.25) is 4.68 Å². The van der Waals surface area contributed by atoms with Crippen molar-refractivity contribution in [3.63, 3.8) is 0 Å². The summed E-state index contributed by atoms with van der Waals surface area (Å²) in [6.07, 6.45) is 0.731. The summed E-state index contributed by atoms with van der Waals surface area (Å²) in [4.78, 5) is 0. The number of aryl methyl sites for hydroxylation is 2. The van der Waals surface area contributed by atoms with Crippen molar-refractivity contribution in [3.05, 3.63) is 41.2 Å². The minimum atomic E-state index is -0.136. The molecule has 0 fully saturated rings. The Kier molecular flexibility index (Phi) is 3.84. The van der Waals surface area contributed by atoms with E-state index in [2.05, 4.69) is 18.1 Å². The molecule has 0 bridgehead atoms. The maximum absolute atomic E-state index is 6.41. The lowest BCUT2D eigenvalue weighted by Gasteiger charge is -2.23. The van der Waals surface area contributed by atoms with E-state index < -0.39 is 0 Å². The highest BCUT2D eigenvalue weighted by atomic mass is 16.6. The Morgan fingerprint density at radius 2 is 2.14 bits per heavy atom. The number of hydrogen-bond donors (Lipinski definition) is 1. The van der Waals surface area contributed by atoms with Crippen LogP contribution in [-0.4, -0.2) is 23.0 Å². The zero-order valence-corrected chi connectivity index (χ0v) is 12.5. The van der Waals surface area contributed by atoms with Crippen molar-refractivity contribution in [2.24, 2.45) is 5.73 Å². The minimum absolute atomic E-state index is 0.136. The predicted octanol–water partition coefficient (Wildman–Crippen LogP) is 2.23. The van der Waals surface area contributed by atoms with Crippen LogP contribution in [0.4, 0.5) is 0 Å². The molecule has 1 aliphatic heterocycles. The molecular formula is C16H21N3O2. The van der Waals surface area contributed by atoms with Crippen molar-refractivity contribution in [2.45, 2.75) is 32.9 Å². The molecule has 5 heteroatoms. The lowest BCUT2D eigenvalue weighted by Crippen LogP contribution is -2.21. The molecule has 0 radical (unpaired) electrons. The fourth-order valence-electron chi connectivity index (χ4n) is 2.76. The van der Waals surface area contributed by atoms with Crippen LogP contribution in [-0.2, 0) is 13.0 Å². The van der Waals surface area contributed by atoms with Gasteiger partial charge >= 0.3 is 0 Å². The van der Waals surface area contributed by atoms with E-state index in [4.69, 9.17) is 15.2 Å². The first-order valence-corrected chi connectivity index (χ1v) is 7.36. The molecule has 1 aromatic heterocycles. The van der Waals surface area contributed by atoms with E-state index in [0.717, 1.165) is 41.4 Å². The van der Waals surface area contributed by atoms with Crippen molar-refractivity contribution in [1.29, 1.82) is 0 Å². The molecular weight excluding hydrogens is 266 g/mol. The number of nitrogens with zero attached hydrogens (tertiary/aromatic N) is 2. The van der Waals surface area contributed by atoms with Gasteiger partial charge in [0.25, 0.3) is 0 Å². The monoisotopic (exact) mass is 287 g/mol. The molecule has 0 saturated heterocycles. The second kappa shape index (κ2) is 5.77. The zero-order chi connectivity index (χ0) is 14.8. The number of hydrogen-bond acceptors (Lipinski definition) is 4. The maximum atomic E-state index is 6.41. The Bertz CT molecular complexity index is 636. The van der Waals surface area contributed by atoms with E-state index in [-0.39, 0.29) is 6.04 Å². The lowest BCUT2D eigenvalue weighted by molar-refractivity contribution is 0.169. The molecule has 1 aliphatic rings. The number of ether oxygens (including phenoxy) is 2. The highest BCUT2D eigenvalue weighted by Crippen LogP contribution is 2.37. The van der Waals surface area contributed by atoms with Gasteiger partial charge in [-0.15, -0.1) is 0 Å². The number of para-hydroxylation sites is 1. The number of benzene rings is 1. The molecule has 0 amide bonds. The van der Waals surface area contributed by atoms with E-state index in [1.807, 2.05) is 29.8 Å². The molecule has 5 nitrogen and oxygen atoms in total. The van der Waals surface area contributed by atoms with E-state index in [9.17, 15) is 0 Å². The van der Waals surface area contributed by atoms with Gasteiger partial charge in [0, 0.05) is 30.3 Å². The van der Waals surface area contributed by atoms with Gasteiger partial charge in [0.1, 0.15) is 13.2 Å². The summed E-state index contributed by atoms with van der Waals surface area (Å²) >= 11 is 0. The molecule has 1 atom stereocenters. The second-order valence-electron chi connectivity index (χ2n) is 5.27. The number of aromatic nitrogens is 2. The standard InChI is InChI=1S/C16H21N3O2/c1-3-19-12(9-11(2)18-19)10-14(17)13-5-4-6-15-16(13)21-8-7-20-15/h4-6,9,14H,3,7-8,10,17H2,1-2H3. The van der Waals surface area contributed by atoms with Gasteiger partial charge in [0.15, 0.2) is 11.5 Å². The molecule has 1 unspecified atom stereocenters. The van der Waals surface area contributed by atoms with Gasteiger partial charge in [-0.2, -0.15) is 5.10 Å². The molecule has 0 saturated carbocycles. The number of rotatable bonds is 4. The van der Waals surface area contributed by atoms with Gasteiger partial charge in [-0.25, -0.2) is 0 Å². The zero-order valence-electron chi connectivity index (χ0n) is 12.5. The highest BCUT2D eigenvalue weighted by molar-refractivity contribution is 5.49. The molecule has 2 N–H and O–H groups in total. The summed E-state index contributed by atoms with van der Waals surface area (Å²) in [5.41, 5.74) is 9.57. The Labute approximate surface area is 124 Å². The number of nitrogens with two attached hydrogens (primary N) is 1. The summed E-state index contributed by atoms with van der Waals surface area (Å²) < 4.78 is 13.4. The van der Waals surface area contributed by atoms with Crippen LogP contribution in [0.15, 0.2) is 24.3 Å². The summed E-state index contributed by atoms with van der Waals surface area (Å²) in [6.45, 7) is 6.10. The van der Waals surface area contributed by atoms with Crippen molar-refractivity contribution < 1.29 is 9.47 Å². The fraction of sp³-hybridized carbons (Fsp3) is 0.438. The lowest BCUT2D eigenvalue weighted by atomic mass is 10.0. The van der Waals surface area contributed by atoms with E-state index >= 15 is 0 Å². The Balaban J connectivity index is 1.87. The van der Waals surface area contributed by atoms with Crippen LogP contribution in [0, 0.1) is 6.92 Å². The topological polar surface area (TPSA) is 62.3 Å². The van der Waals surface area contributed by atoms with E-state index in [1.165, 1.54) is 0 Å². The first-order chi connectivity index (χ1) is 10.2. The molecule has 2 heterocycles. The summed E-state index contributed by atoms with van der Waals surface area (Å²) in [5, 5.41) is 4.47. The van der Waals surface area contributed by atoms with E-state index in [0.29, 0.717) is 13.2 Å². The molecule has 2 aromatic rings. The van der Waals surface area contributed by atoms with Gasteiger partial charge < -0.3 is 15.2 Å². The van der Waals surface area contributed by atoms with Crippen LogP contribution in [0.5, 0.6) is 11.5 Å². The Morgan fingerprint density at radius 1 is 1.33 bits per heavy atom. The molecule has 21 heavy (non-hydrogen) atoms. The van der Waals surface area contributed by atoms with Crippen LogP contribution in [0.2, 0.25) is 0 Å². The predicted molar refractivity (Wildman–Crippen MR) is 80.7 cm³/mol. The maximum Gasteiger partial charge on any atom is 0.166 e. The van der Waals surface area contributed by atoms with Crippen LogP contribution in [0.3, 0.4) is 0 Å². The summed E-state index contributed by atoms with van der Waals surface area (Å²) in [5.74, 6) is 1.57. The van der Waals surface area contributed by atoms with Crippen LogP contribution in [0.1, 0.15) is 29.9 Å². The number of fused-ring (bicyclic) bond motifs is 1. The third kappa shape index (κ3) is 2.74. The fourth-order valence-corrected chi connectivity index (χ4v) is 2.76. The van der Waals surface area contributed by atoms with Crippen molar-refractivity contribution in [2.75, 3.05) is 13.2 Å². The largest absolute Gasteiger partial charge is 0.486 e. The Hall–Kier alpha value is -2.01. The average Bonchev–Trinajstić information content (AvgIpc) is 2.86. The van der Waals surface area contributed by atoms with Gasteiger partial charge in [-0.05, 0) is 26.0 Å². The summed E-state index contributed by atoms with van der Waals surface area (Å²) in [7, 11) is 0. The molecule has 0 spiro atoms. The third-order valence-electron chi connectivity index (χ3n) is 3.71. The smallest absolute Gasteiger partial charge is 0.166 e. The van der Waals surface area contributed by atoms with Crippen molar-refractivity contribution in [1.82, 2.24) is 9.78 Å². The molecule has 112 valence electrons. The van der Waals surface area contributed by atoms with Gasteiger partial charge in [0.05, 0.1) is 5.69 Å². The van der Waals surface area contributed by atoms with Gasteiger partial charge in [0.2, 0.25) is 0 Å². The summed E-state index contributed by atoms with van der Waals surface area (Å²) in [6, 6.07) is 7.85. The van der Waals surface area contributed by atoms with Crippen molar-refractivity contribution in [3.8, 4) is 11.5 Å². The third-order valence-corrected chi connectivity index (χ3v) is 3.71. The second-order valence-corrected chi connectivity index (χ2v) is 5.27. The van der Waals surface area contributed by atoms with Crippen LogP contribution >= 0.6 is 0 Å². The normalized spacial score (nSPS) is 15.0. The SMILES string of the molecule is CCn1nc(C)cc1CC(N)c1cccc2c1OCCO2. The quantitative estimate of drug-likeness (QED) is 0.936. The molecule has 1 aromatic carbocycles. The van der Waals surface area contributed by atoms with Crippen LogP contribution < -0.4 is 15.2 Å². The minimum Gasteiger partial charge on any atom is -0.486 e. The first kappa shape index (κ1) is 13.9. The molecule has 3 rings (SSSR count). The highest BCUT2D eigenvalue weighted by Gasteiger charge is 2.21. The van der Waals surface area contributed by atoms with Crippen molar-refractivity contribution >= 4 is 0 Å². The molecule has 0 aliphatic carbocycles. The van der Waals surface area contributed by atoms with E-state index in [1.54, 1.807) is 0 Å². The average molecular weight is 287 g/mol. The van der Waals surface area contributed by atoms with Gasteiger partial charge in [-0.1, -0.05) is 12.1 Å². The van der Waals surface area contributed by atoms with Crippen LogP contribution in [0.25, 0.3) is 0 Å². The first-order valence-electron chi connectivity index (χ1n) is 7.36. The Morgan fingerprint density at radius 3 is 2.95 bits per heavy atom.